The Hall–Kier alpha value is -3.53. The molecule has 2 aromatic heterocycles. The highest BCUT2D eigenvalue weighted by Gasteiger charge is 2.19. The molecule has 0 fully saturated rings. The Kier molecular flexibility index (Phi) is 3.95. The third-order valence-corrected chi connectivity index (χ3v) is 5.62. The zero-order valence-corrected chi connectivity index (χ0v) is 16.6. The lowest BCUT2D eigenvalue weighted by Gasteiger charge is -2.11. The molecule has 142 valence electrons. The fourth-order valence-corrected chi connectivity index (χ4v) is 3.84. The summed E-state index contributed by atoms with van der Waals surface area (Å²) in [6.07, 6.45) is 1.74. The van der Waals surface area contributed by atoms with E-state index in [0.717, 1.165) is 38.8 Å². The number of hydrogen-bond acceptors (Lipinski definition) is 2. The number of aryl methyl sites for hydroxylation is 2. The van der Waals surface area contributed by atoms with Gasteiger partial charge in [-0.3, -0.25) is 4.98 Å². The predicted molar refractivity (Wildman–Crippen MR) is 116 cm³/mol. The maximum absolute atomic E-state index is 14.5. The van der Waals surface area contributed by atoms with Gasteiger partial charge >= 0.3 is 0 Å². The van der Waals surface area contributed by atoms with E-state index >= 15 is 0 Å². The lowest BCUT2D eigenvalue weighted by molar-refractivity contribution is 0.637. The van der Waals surface area contributed by atoms with Gasteiger partial charge in [-0.25, -0.2) is 9.07 Å². The monoisotopic (exact) mass is 381 g/mol. The summed E-state index contributed by atoms with van der Waals surface area (Å²) in [5.74, 6) is -0.324. The summed E-state index contributed by atoms with van der Waals surface area (Å²) in [5, 5.41) is 6.66. The molecular formula is C25H20FN3. The maximum atomic E-state index is 14.5. The SMILES string of the molecule is Cc1ccc(-c2nn(-c3cccc(C)c3C)c3c2cnc2c(F)cccc23)cc1. The van der Waals surface area contributed by atoms with Crippen molar-refractivity contribution in [2.45, 2.75) is 20.8 Å². The number of para-hydroxylation sites is 1. The van der Waals surface area contributed by atoms with Gasteiger partial charge < -0.3 is 0 Å². The topological polar surface area (TPSA) is 30.7 Å². The van der Waals surface area contributed by atoms with Gasteiger partial charge in [-0.1, -0.05) is 54.1 Å². The van der Waals surface area contributed by atoms with Gasteiger partial charge in [0, 0.05) is 22.5 Å². The minimum atomic E-state index is -0.324. The van der Waals surface area contributed by atoms with Gasteiger partial charge in [-0.15, -0.1) is 0 Å². The quantitative estimate of drug-likeness (QED) is 0.359. The summed E-state index contributed by atoms with van der Waals surface area (Å²) < 4.78 is 16.4. The summed E-state index contributed by atoms with van der Waals surface area (Å²) in [7, 11) is 0. The summed E-state index contributed by atoms with van der Waals surface area (Å²) >= 11 is 0. The lowest BCUT2D eigenvalue weighted by Crippen LogP contribution is -2.01. The van der Waals surface area contributed by atoms with E-state index in [0.29, 0.717) is 5.52 Å². The second kappa shape index (κ2) is 6.52. The normalized spacial score (nSPS) is 11.4. The van der Waals surface area contributed by atoms with E-state index in [1.54, 1.807) is 12.3 Å². The van der Waals surface area contributed by atoms with Gasteiger partial charge in [-0.2, -0.15) is 5.10 Å². The fraction of sp³-hybridized carbons (Fsp3) is 0.120. The number of benzene rings is 3. The van der Waals surface area contributed by atoms with Gasteiger partial charge in [0.2, 0.25) is 0 Å². The van der Waals surface area contributed by atoms with Crippen molar-refractivity contribution < 1.29 is 4.39 Å². The Morgan fingerprint density at radius 3 is 2.38 bits per heavy atom. The third kappa shape index (κ3) is 2.71. The lowest BCUT2D eigenvalue weighted by atomic mass is 10.1. The molecule has 0 aliphatic carbocycles. The Bertz CT molecular complexity index is 1380. The second-order valence-corrected chi connectivity index (χ2v) is 7.50. The highest BCUT2D eigenvalue weighted by atomic mass is 19.1. The van der Waals surface area contributed by atoms with Crippen LogP contribution in [-0.4, -0.2) is 14.8 Å². The summed E-state index contributed by atoms with van der Waals surface area (Å²) in [4.78, 5) is 4.43. The van der Waals surface area contributed by atoms with Crippen molar-refractivity contribution >= 4 is 21.8 Å². The summed E-state index contributed by atoms with van der Waals surface area (Å²) in [6.45, 7) is 6.24. The van der Waals surface area contributed by atoms with Crippen molar-refractivity contribution in [2.24, 2.45) is 0 Å². The zero-order chi connectivity index (χ0) is 20.1. The number of hydrogen-bond donors (Lipinski definition) is 0. The van der Waals surface area contributed by atoms with Crippen LogP contribution < -0.4 is 0 Å². The van der Waals surface area contributed by atoms with Crippen LogP contribution in [0.15, 0.2) is 66.9 Å². The first-order chi connectivity index (χ1) is 14.0. The summed E-state index contributed by atoms with van der Waals surface area (Å²) in [5.41, 5.74) is 7.62. The molecule has 0 saturated heterocycles. The third-order valence-electron chi connectivity index (χ3n) is 5.62. The Labute approximate surface area is 168 Å². The molecule has 0 N–H and O–H groups in total. The van der Waals surface area contributed by atoms with E-state index in [1.807, 2.05) is 16.8 Å². The van der Waals surface area contributed by atoms with Gasteiger partial charge in [0.25, 0.3) is 0 Å². The van der Waals surface area contributed by atoms with Crippen LogP contribution in [0.4, 0.5) is 4.39 Å². The minimum absolute atomic E-state index is 0.324. The molecule has 29 heavy (non-hydrogen) atoms. The van der Waals surface area contributed by atoms with Crippen LogP contribution in [-0.2, 0) is 0 Å². The van der Waals surface area contributed by atoms with Crippen molar-refractivity contribution in [3.8, 4) is 16.9 Å². The number of fused-ring (bicyclic) bond motifs is 3. The van der Waals surface area contributed by atoms with E-state index in [2.05, 4.69) is 62.2 Å². The number of aromatic nitrogens is 3. The molecule has 0 amide bonds. The van der Waals surface area contributed by atoms with Gasteiger partial charge in [0.05, 0.1) is 11.2 Å². The molecule has 0 saturated carbocycles. The molecule has 0 unspecified atom stereocenters. The van der Waals surface area contributed by atoms with E-state index in [1.165, 1.54) is 17.2 Å². The molecule has 0 radical (unpaired) electrons. The molecular weight excluding hydrogens is 361 g/mol. The van der Waals surface area contributed by atoms with Crippen LogP contribution in [0.5, 0.6) is 0 Å². The van der Waals surface area contributed by atoms with E-state index in [9.17, 15) is 4.39 Å². The molecule has 3 nitrogen and oxygen atoms in total. The molecule has 2 heterocycles. The van der Waals surface area contributed by atoms with Gasteiger partial charge in [0.15, 0.2) is 0 Å². The molecule has 0 spiro atoms. The second-order valence-electron chi connectivity index (χ2n) is 7.50. The largest absolute Gasteiger partial charge is 0.252 e. The molecule has 0 aliphatic rings. The zero-order valence-electron chi connectivity index (χ0n) is 16.6. The molecule has 0 aliphatic heterocycles. The molecule has 0 bridgehead atoms. The molecule has 3 aromatic carbocycles. The van der Waals surface area contributed by atoms with E-state index < -0.39 is 0 Å². The Morgan fingerprint density at radius 2 is 1.59 bits per heavy atom. The van der Waals surface area contributed by atoms with Crippen LogP contribution in [0.1, 0.15) is 16.7 Å². The number of halogens is 1. The first-order valence-corrected chi connectivity index (χ1v) is 9.64. The van der Waals surface area contributed by atoms with E-state index in [-0.39, 0.29) is 5.82 Å². The highest BCUT2D eigenvalue weighted by molar-refractivity contribution is 6.08. The van der Waals surface area contributed by atoms with Crippen molar-refractivity contribution in [3.05, 3.63) is 89.4 Å². The Balaban J connectivity index is 1.94. The smallest absolute Gasteiger partial charge is 0.149 e. The van der Waals surface area contributed by atoms with Crippen molar-refractivity contribution in [3.63, 3.8) is 0 Å². The van der Waals surface area contributed by atoms with Crippen LogP contribution in [0.2, 0.25) is 0 Å². The van der Waals surface area contributed by atoms with E-state index in [4.69, 9.17) is 5.10 Å². The van der Waals surface area contributed by atoms with Crippen molar-refractivity contribution in [2.75, 3.05) is 0 Å². The standard InChI is InChI=1S/C25H20FN3/c1-15-10-12-18(13-11-15)23-20-14-27-24-19(7-5-8-21(24)26)25(20)29(28-23)22-9-4-6-16(2)17(22)3/h4-14H,1-3H3. The number of pyridine rings is 1. The minimum Gasteiger partial charge on any atom is -0.252 e. The Morgan fingerprint density at radius 1 is 0.828 bits per heavy atom. The number of rotatable bonds is 2. The first-order valence-electron chi connectivity index (χ1n) is 9.64. The van der Waals surface area contributed by atoms with Crippen LogP contribution >= 0.6 is 0 Å². The molecule has 5 aromatic rings. The molecule has 4 heteroatoms. The predicted octanol–water partition coefficient (Wildman–Crippen LogP) is 6.31. The van der Waals surface area contributed by atoms with Crippen LogP contribution in [0.25, 0.3) is 38.8 Å². The summed E-state index contributed by atoms with van der Waals surface area (Å²) in [6, 6.07) is 19.5. The molecule has 5 rings (SSSR count). The average molecular weight is 381 g/mol. The first kappa shape index (κ1) is 17.6. The highest BCUT2D eigenvalue weighted by Crippen LogP contribution is 2.35. The fourth-order valence-electron chi connectivity index (χ4n) is 3.84. The van der Waals surface area contributed by atoms with Crippen LogP contribution in [0.3, 0.4) is 0 Å². The van der Waals surface area contributed by atoms with Crippen molar-refractivity contribution in [1.82, 2.24) is 14.8 Å². The maximum Gasteiger partial charge on any atom is 0.149 e. The molecule has 0 atom stereocenters. The number of nitrogens with zero attached hydrogens (tertiary/aromatic N) is 3. The van der Waals surface area contributed by atoms with Gasteiger partial charge in [-0.05, 0) is 44.0 Å². The van der Waals surface area contributed by atoms with Crippen LogP contribution in [0, 0.1) is 26.6 Å². The average Bonchev–Trinajstić information content (AvgIpc) is 3.11. The van der Waals surface area contributed by atoms with Crippen molar-refractivity contribution in [1.29, 1.82) is 0 Å². The van der Waals surface area contributed by atoms with Gasteiger partial charge in [0.1, 0.15) is 17.0 Å².